The van der Waals surface area contributed by atoms with Crippen LogP contribution in [0.1, 0.15) is 12.0 Å². The first-order valence-electron chi connectivity index (χ1n) is 7.86. The molecule has 6 nitrogen and oxygen atoms in total. The van der Waals surface area contributed by atoms with Crippen molar-refractivity contribution in [3.63, 3.8) is 0 Å². The lowest BCUT2D eigenvalue weighted by Crippen LogP contribution is -2.30. The third-order valence-electron chi connectivity index (χ3n) is 4.11. The zero-order valence-electron chi connectivity index (χ0n) is 13.6. The molecule has 1 aliphatic rings. The molecule has 25 heavy (non-hydrogen) atoms. The van der Waals surface area contributed by atoms with Gasteiger partial charge in [-0.2, -0.15) is 23.1 Å². The molecular formula is C16H19F3N6. The van der Waals surface area contributed by atoms with Crippen molar-refractivity contribution in [2.75, 3.05) is 36.1 Å². The second kappa shape index (κ2) is 6.75. The largest absolute Gasteiger partial charge is 0.416 e. The SMILES string of the molecule is CN[C@@H]1CCN(c2cc(Nc3cccc(C(F)(F)F)c3)nc(N)n2)C1. The van der Waals surface area contributed by atoms with Crippen LogP contribution in [0.4, 0.5) is 36.4 Å². The lowest BCUT2D eigenvalue weighted by molar-refractivity contribution is -0.137. The normalized spacial score (nSPS) is 17.8. The summed E-state index contributed by atoms with van der Waals surface area (Å²) in [5.41, 5.74) is 5.32. The van der Waals surface area contributed by atoms with Crippen LogP contribution in [0.15, 0.2) is 30.3 Å². The van der Waals surface area contributed by atoms with Crippen molar-refractivity contribution in [3.8, 4) is 0 Å². The molecule has 0 amide bonds. The summed E-state index contributed by atoms with van der Waals surface area (Å²) in [5, 5.41) is 6.09. The number of anilines is 4. The zero-order chi connectivity index (χ0) is 18.0. The van der Waals surface area contributed by atoms with Crippen LogP contribution < -0.4 is 21.3 Å². The Kier molecular flexibility index (Phi) is 4.67. The summed E-state index contributed by atoms with van der Waals surface area (Å²) in [6.45, 7) is 1.61. The van der Waals surface area contributed by atoms with E-state index in [-0.39, 0.29) is 11.6 Å². The van der Waals surface area contributed by atoms with Crippen LogP contribution in [0, 0.1) is 0 Å². The Morgan fingerprint density at radius 3 is 2.72 bits per heavy atom. The standard InChI is InChI=1S/C16H19F3N6/c1-21-12-5-6-25(9-12)14-8-13(23-15(20)24-14)22-11-4-2-3-10(7-11)16(17,18)19/h2-4,7-8,12,21H,5-6,9H2,1H3,(H3,20,22,23,24)/t12-/m1/s1. The fraction of sp³-hybridized carbons (Fsp3) is 0.375. The zero-order valence-corrected chi connectivity index (χ0v) is 13.6. The summed E-state index contributed by atoms with van der Waals surface area (Å²) in [7, 11) is 1.91. The van der Waals surface area contributed by atoms with Crippen molar-refractivity contribution >= 4 is 23.3 Å². The first-order valence-corrected chi connectivity index (χ1v) is 7.86. The summed E-state index contributed by atoms with van der Waals surface area (Å²) < 4.78 is 38.5. The van der Waals surface area contributed by atoms with Gasteiger partial charge < -0.3 is 21.3 Å². The molecule has 9 heteroatoms. The number of nitrogens with zero attached hydrogens (tertiary/aromatic N) is 3. The molecule has 1 saturated heterocycles. The van der Waals surface area contributed by atoms with Crippen LogP contribution in [-0.4, -0.2) is 36.1 Å². The Hall–Kier alpha value is -2.55. The van der Waals surface area contributed by atoms with Crippen molar-refractivity contribution < 1.29 is 13.2 Å². The van der Waals surface area contributed by atoms with Crippen molar-refractivity contribution in [1.29, 1.82) is 0 Å². The molecule has 0 unspecified atom stereocenters. The maximum atomic E-state index is 12.8. The van der Waals surface area contributed by atoms with Gasteiger partial charge in [0.15, 0.2) is 0 Å². The average molecular weight is 352 g/mol. The second-order valence-electron chi connectivity index (χ2n) is 5.89. The van der Waals surface area contributed by atoms with Crippen LogP contribution in [-0.2, 0) is 6.18 Å². The van der Waals surface area contributed by atoms with Crippen molar-refractivity contribution in [2.45, 2.75) is 18.6 Å². The van der Waals surface area contributed by atoms with Gasteiger partial charge in [0.1, 0.15) is 11.6 Å². The van der Waals surface area contributed by atoms with E-state index in [4.69, 9.17) is 5.73 Å². The highest BCUT2D eigenvalue weighted by atomic mass is 19.4. The first-order chi connectivity index (χ1) is 11.8. The molecule has 0 radical (unpaired) electrons. The first kappa shape index (κ1) is 17.3. The molecule has 4 N–H and O–H groups in total. The number of alkyl halides is 3. The third kappa shape index (κ3) is 4.11. The summed E-state index contributed by atoms with van der Waals surface area (Å²) in [6, 6.07) is 7.00. The van der Waals surface area contributed by atoms with Gasteiger partial charge in [0.2, 0.25) is 5.95 Å². The van der Waals surface area contributed by atoms with Gasteiger partial charge in [-0.15, -0.1) is 0 Å². The minimum Gasteiger partial charge on any atom is -0.368 e. The number of nitrogen functional groups attached to an aromatic ring is 1. The van der Waals surface area contributed by atoms with Crippen molar-refractivity contribution in [1.82, 2.24) is 15.3 Å². The Morgan fingerprint density at radius 2 is 2.04 bits per heavy atom. The number of hydrogen-bond acceptors (Lipinski definition) is 6. The molecule has 2 aromatic rings. The number of aromatic nitrogens is 2. The highest BCUT2D eigenvalue weighted by Gasteiger charge is 2.30. The van der Waals surface area contributed by atoms with Gasteiger partial charge in [0, 0.05) is 30.9 Å². The molecule has 0 bridgehead atoms. The molecule has 1 aliphatic heterocycles. The Morgan fingerprint density at radius 1 is 1.24 bits per heavy atom. The van der Waals surface area contributed by atoms with Crippen LogP contribution >= 0.6 is 0 Å². The molecule has 2 heterocycles. The predicted molar refractivity (Wildman–Crippen MR) is 90.8 cm³/mol. The van der Waals surface area contributed by atoms with E-state index in [1.54, 1.807) is 12.1 Å². The predicted octanol–water partition coefficient (Wildman–Crippen LogP) is 2.62. The quantitative estimate of drug-likeness (QED) is 0.785. The van der Waals surface area contributed by atoms with E-state index < -0.39 is 11.7 Å². The number of nitrogens with one attached hydrogen (secondary N) is 2. The summed E-state index contributed by atoms with van der Waals surface area (Å²) in [6.07, 6.45) is -3.41. The van der Waals surface area contributed by atoms with E-state index in [0.29, 0.717) is 17.7 Å². The summed E-state index contributed by atoms with van der Waals surface area (Å²) in [5.74, 6) is 1.08. The number of nitrogens with two attached hydrogens (primary N) is 1. The monoisotopic (exact) mass is 352 g/mol. The fourth-order valence-electron chi connectivity index (χ4n) is 2.80. The van der Waals surface area contributed by atoms with Gasteiger partial charge >= 0.3 is 6.18 Å². The number of benzene rings is 1. The van der Waals surface area contributed by atoms with E-state index in [1.165, 1.54) is 6.07 Å². The number of rotatable bonds is 4. The minimum atomic E-state index is -4.40. The molecule has 0 spiro atoms. The number of halogens is 3. The number of likely N-dealkylation sites (N-methyl/N-ethyl adjacent to an activating group) is 1. The van der Waals surface area contributed by atoms with E-state index in [9.17, 15) is 13.2 Å². The van der Waals surface area contributed by atoms with E-state index in [2.05, 4.69) is 25.5 Å². The smallest absolute Gasteiger partial charge is 0.368 e. The second-order valence-corrected chi connectivity index (χ2v) is 5.89. The molecule has 0 saturated carbocycles. The maximum Gasteiger partial charge on any atom is 0.416 e. The van der Waals surface area contributed by atoms with E-state index in [1.807, 2.05) is 7.05 Å². The molecule has 1 atom stereocenters. The third-order valence-corrected chi connectivity index (χ3v) is 4.11. The lowest BCUT2D eigenvalue weighted by atomic mass is 10.2. The van der Waals surface area contributed by atoms with Gasteiger partial charge in [-0.1, -0.05) is 6.07 Å². The highest BCUT2D eigenvalue weighted by molar-refractivity contribution is 5.62. The van der Waals surface area contributed by atoms with Crippen LogP contribution in [0.25, 0.3) is 0 Å². The molecule has 3 rings (SSSR count). The Labute approximate surface area is 143 Å². The van der Waals surface area contributed by atoms with Crippen LogP contribution in [0.2, 0.25) is 0 Å². The van der Waals surface area contributed by atoms with Gasteiger partial charge in [0.25, 0.3) is 0 Å². The van der Waals surface area contributed by atoms with E-state index >= 15 is 0 Å². The van der Waals surface area contributed by atoms with E-state index in [0.717, 1.165) is 31.6 Å². The highest BCUT2D eigenvalue weighted by Crippen LogP contribution is 2.31. The maximum absolute atomic E-state index is 12.8. The topological polar surface area (TPSA) is 79.1 Å². The van der Waals surface area contributed by atoms with Gasteiger partial charge in [-0.05, 0) is 31.7 Å². The summed E-state index contributed by atoms with van der Waals surface area (Å²) >= 11 is 0. The molecular weight excluding hydrogens is 333 g/mol. The fourth-order valence-corrected chi connectivity index (χ4v) is 2.80. The lowest BCUT2D eigenvalue weighted by Gasteiger charge is -2.19. The minimum absolute atomic E-state index is 0.0693. The van der Waals surface area contributed by atoms with Crippen molar-refractivity contribution in [3.05, 3.63) is 35.9 Å². The van der Waals surface area contributed by atoms with Gasteiger partial charge in [0.05, 0.1) is 5.56 Å². The molecule has 1 aromatic carbocycles. The Balaban J connectivity index is 1.82. The Bertz CT molecular complexity index is 749. The van der Waals surface area contributed by atoms with Crippen molar-refractivity contribution in [2.24, 2.45) is 0 Å². The summed E-state index contributed by atoms with van der Waals surface area (Å²) in [4.78, 5) is 10.4. The molecule has 134 valence electrons. The van der Waals surface area contributed by atoms with Crippen LogP contribution in [0.3, 0.4) is 0 Å². The van der Waals surface area contributed by atoms with Crippen LogP contribution in [0.5, 0.6) is 0 Å². The molecule has 1 aromatic heterocycles. The number of hydrogen-bond donors (Lipinski definition) is 3. The molecule has 1 fully saturated rings. The van der Waals surface area contributed by atoms with Gasteiger partial charge in [-0.25, -0.2) is 0 Å². The molecule has 0 aliphatic carbocycles. The average Bonchev–Trinajstić information content (AvgIpc) is 3.03. The van der Waals surface area contributed by atoms with Gasteiger partial charge in [-0.3, -0.25) is 0 Å².